The maximum Gasteiger partial charge on any atom is 0.161 e. The average molecular weight is 345 g/mol. The fraction of sp³-hybridized carbons (Fsp3) is 0.600. The van der Waals surface area contributed by atoms with Crippen molar-refractivity contribution >= 4 is 27.7 Å². The molecule has 1 aromatic carbocycles. The molecule has 1 aliphatic rings. The topological polar surface area (TPSA) is 18.5 Å². The third-order valence-corrected chi connectivity index (χ3v) is 5.89. The minimum absolute atomic E-state index is 0.183. The Morgan fingerprint density at radius 1 is 1.26 bits per heavy atom. The van der Waals surface area contributed by atoms with E-state index in [9.17, 15) is 0 Å². The van der Waals surface area contributed by atoms with Gasteiger partial charge in [0.2, 0.25) is 0 Å². The monoisotopic (exact) mass is 344 g/mol. The largest absolute Gasteiger partial charge is 0.493 e. The van der Waals surface area contributed by atoms with Crippen molar-refractivity contribution in [3.05, 3.63) is 23.3 Å². The van der Waals surface area contributed by atoms with Gasteiger partial charge >= 0.3 is 0 Å². The highest BCUT2D eigenvalue weighted by molar-refractivity contribution is 9.09. The number of hydrogen-bond acceptors (Lipinski definition) is 3. The molecule has 2 nitrogen and oxygen atoms in total. The molecule has 2 rings (SSSR count). The van der Waals surface area contributed by atoms with Crippen LogP contribution in [0.5, 0.6) is 11.5 Å². The van der Waals surface area contributed by atoms with Gasteiger partial charge in [0, 0.05) is 16.3 Å². The first kappa shape index (κ1) is 15.0. The molecule has 106 valence electrons. The van der Waals surface area contributed by atoms with Gasteiger partial charge in [-0.05, 0) is 35.1 Å². The van der Waals surface area contributed by atoms with E-state index in [-0.39, 0.29) is 5.41 Å². The van der Waals surface area contributed by atoms with Gasteiger partial charge in [-0.25, -0.2) is 0 Å². The number of alkyl halides is 1. The molecule has 0 aliphatic carbocycles. The second kappa shape index (κ2) is 5.96. The van der Waals surface area contributed by atoms with Crippen LogP contribution in [-0.2, 0) is 5.41 Å². The van der Waals surface area contributed by atoms with Crippen LogP contribution in [0.15, 0.2) is 12.1 Å². The molecular formula is C15H21BrO2S. The van der Waals surface area contributed by atoms with Crippen LogP contribution in [-0.4, -0.2) is 25.3 Å². The van der Waals surface area contributed by atoms with Crippen molar-refractivity contribution in [2.24, 2.45) is 0 Å². The van der Waals surface area contributed by atoms with Gasteiger partial charge in [-0.2, -0.15) is 11.8 Å². The molecule has 0 aromatic heterocycles. The summed E-state index contributed by atoms with van der Waals surface area (Å²) >= 11 is 5.60. The zero-order chi connectivity index (χ0) is 14.0. The minimum Gasteiger partial charge on any atom is -0.493 e. The summed E-state index contributed by atoms with van der Waals surface area (Å²) < 4.78 is 10.9. The zero-order valence-corrected chi connectivity index (χ0v) is 14.4. The van der Waals surface area contributed by atoms with Crippen LogP contribution in [0.25, 0.3) is 0 Å². The molecular weight excluding hydrogens is 324 g/mol. The van der Waals surface area contributed by atoms with Crippen molar-refractivity contribution in [2.45, 2.75) is 30.9 Å². The summed E-state index contributed by atoms with van der Waals surface area (Å²) in [6.07, 6.45) is 1.14. The lowest BCUT2D eigenvalue weighted by molar-refractivity contribution is 0.352. The molecule has 0 radical (unpaired) electrons. The van der Waals surface area contributed by atoms with Crippen LogP contribution >= 0.6 is 27.7 Å². The molecule has 19 heavy (non-hydrogen) atoms. The van der Waals surface area contributed by atoms with Crippen molar-refractivity contribution in [1.29, 1.82) is 0 Å². The number of benzene rings is 1. The molecule has 4 heteroatoms. The Hall–Kier alpha value is -0.350. The Labute approximate surface area is 128 Å². The maximum absolute atomic E-state index is 5.45. The molecule has 1 aliphatic heterocycles. The number of rotatable bonds is 4. The molecule has 1 aromatic rings. The van der Waals surface area contributed by atoms with E-state index in [0.29, 0.717) is 5.25 Å². The smallest absolute Gasteiger partial charge is 0.161 e. The van der Waals surface area contributed by atoms with Gasteiger partial charge < -0.3 is 9.47 Å². The van der Waals surface area contributed by atoms with Crippen molar-refractivity contribution in [3.63, 3.8) is 0 Å². The second-order valence-corrected chi connectivity index (χ2v) is 7.44. The van der Waals surface area contributed by atoms with Gasteiger partial charge in [-0.15, -0.1) is 0 Å². The lowest BCUT2D eigenvalue weighted by Crippen LogP contribution is -2.28. The second-order valence-electron chi connectivity index (χ2n) is 5.46. The van der Waals surface area contributed by atoms with E-state index < -0.39 is 0 Å². The van der Waals surface area contributed by atoms with Crippen molar-refractivity contribution < 1.29 is 9.47 Å². The third-order valence-electron chi connectivity index (χ3n) is 3.65. The Morgan fingerprint density at radius 2 is 1.89 bits per heavy atom. The average Bonchev–Trinajstić information content (AvgIpc) is 2.41. The molecule has 1 unspecified atom stereocenters. The van der Waals surface area contributed by atoms with E-state index in [1.165, 1.54) is 11.1 Å². The third kappa shape index (κ3) is 2.89. The normalized spacial score (nSPS) is 20.8. The summed E-state index contributed by atoms with van der Waals surface area (Å²) in [5.74, 6) is 2.81. The lowest BCUT2D eigenvalue weighted by atomic mass is 9.81. The van der Waals surface area contributed by atoms with Gasteiger partial charge in [0.25, 0.3) is 0 Å². The predicted molar refractivity (Wildman–Crippen MR) is 86.2 cm³/mol. The molecule has 0 bridgehead atoms. The molecule has 0 amide bonds. The van der Waals surface area contributed by atoms with Crippen LogP contribution in [0.3, 0.4) is 0 Å². The summed E-state index contributed by atoms with van der Waals surface area (Å²) in [5, 5.41) is 1.57. The molecule has 1 atom stereocenters. The summed E-state index contributed by atoms with van der Waals surface area (Å²) in [4.78, 5) is 0. The van der Waals surface area contributed by atoms with Gasteiger partial charge in [0.1, 0.15) is 0 Å². The Morgan fingerprint density at radius 3 is 2.47 bits per heavy atom. The van der Waals surface area contributed by atoms with Crippen molar-refractivity contribution in [2.75, 3.05) is 25.3 Å². The van der Waals surface area contributed by atoms with Gasteiger partial charge in [-0.3, -0.25) is 0 Å². The first-order valence-electron chi connectivity index (χ1n) is 6.47. The first-order valence-corrected chi connectivity index (χ1v) is 8.64. The molecule has 1 heterocycles. The van der Waals surface area contributed by atoms with Crippen molar-refractivity contribution in [1.82, 2.24) is 0 Å². The Kier molecular flexibility index (Phi) is 4.72. The van der Waals surface area contributed by atoms with E-state index in [2.05, 4.69) is 41.9 Å². The number of halogens is 1. The summed E-state index contributed by atoms with van der Waals surface area (Å²) in [6, 6.07) is 4.32. The fourth-order valence-electron chi connectivity index (χ4n) is 2.56. The van der Waals surface area contributed by atoms with Crippen LogP contribution in [0, 0.1) is 0 Å². The summed E-state index contributed by atoms with van der Waals surface area (Å²) in [6.45, 7) is 4.60. The maximum atomic E-state index is 5.45. The van der Waals surface area contributed by atoms with E-state index in [0.717, 1.165) is 29.0 Å². The summed E-state index contributed by atoms with van der Waals surface area (Å²) in [7, 11) is 3.40. The highest BCUT2D eigenvalue weighted by Crippen LogP contribution is 2.50. The first-order chi connectivity index (χ1) is 9.03. The van der Waals surface area contributed by atoms with E-state index >= 15 is 0 Å². The molecule has 0 saturated carbocycles. The van der Waals surface area contributed by atoms with Gasteiger partial charge in [0.15, 0.2) is 11.5 Å². The van der Waals surface area contributed by atoms with E-state index in [1.807, 2.05) is 11.8 Å². The van der Waals surface area contributed by atoms with E-state index in [4.69, 9.17) is 9.47 Å². The number of methoxy groups -OCH3 is 2. The molecule has 0 spiro atoms. The highest BCUT2D eigenvalue weighted by Gasteiger charge is 2.34. The molecule has 0 fully saturated rings. The lowest BCUT2D eigenvalue weighted by Gasteiger charge is -2.37. The van der Waals surface area contributed by atoms with Gasteiger partial charge in [-0.1, -0.05) is 29.8 Å². The molecule has 0 saturated heterocycles. The van der Waals surface area contributed by atoms with E-state index in [1.54, 1.807) is 14.2 Å². The summed E-state index contributed by atoms with van der Waals surface area (Å²) in [5.41, 5.74) is 2.98. The fourth-order valence-corrected chi connectivity index (χ4v) is 4.75. The number of ether oxygens (including phenoxy) is 2. The number of fused-ring (bicyclic) bond motifs is 1. The zero-order valence-electron chi connectivity index (χ0n) is 12.0. The number of hydrogen-bond donors (Lipinski definition) is 0. The minimum atomic E-state index is 0.183. The number of thioether (sulfide) groups is 1. The standard InChI is InChI=1S/C15H21BrO2S/c1-15(2)9-19-14(5-6-16)10-7-12(17-3)13(18-4)8-11(10)15/h7-8,14H,5-6,9H2,1-4H3. The quantitative estimate of drug-likeness (QED) is 0.746. The highest BCUT2D eigenvalue weighted by atomic mass is 79.9. The Balaban J connectivity index is 2.54. The van der Waals surface area contributed by atoms with Crippen LogP contribution in [0.4, 0.5) is 0 Å². The predicted octanol–water partition coefficient (Wildman–Crippen LogP) is 4.55. The Bertz CT molecular complexity index is 460. The SMILES string of the molecule is COc1cc2c(cc1OC)C(C)(C)CSC2CCBr. The molecule has 0 N–H and O–H groups in total. The van der Waals surface area contributed by atoms with Crippen molar-refractivity contribution in [3.8, 4) is 11.5 Å². The van der Waals surface area contributed by atoms with Gasteiger partial charge in [0.05, 0.1) is 14.2 Å². The van der Waals surface area contributed by atoms with Crippen LogP contribution in [0.1, 0.15) is 36.6 Å². The van der Waals surface area contributed by atoms with Crippen LogP contribution in [0.2, 0.25) is 0 Å². The van der Waals surface area contributed by atoms with Crippen LogP contribution < -0.4 is 9.47 Å².